The van der Waals surface area contributed by atoms with Gasteiger partial charge in [0.2, 0.25) is 11.8 Å². The van der Waals surface area contributed by atoms with E-state index in [4.69, 9.17) is 23.5 Å². The van der Waals surface area contributed by atoms with E-state index < -0.39 is 86.6 Å². The van der Waals surface area contributed by atoms with Crippen LogP contribution in [-0.2, 0) is 42.1 Å². The normalized spacial score (nSPS) is 29.0. The molecule has 0 radical (unpaired) electrons. The van der Waals surface area contributed by atoms with E-state index in [0.717, 1.165) is 32.8 Å². The minimum atomic E-state index is -4.42. The number of nitrogens with one attached hydrogen (secondary N) is 3. The summed E-state index contributed by atoms with van der Waals surface area (Å²) in [5, 5.41) is 35.2. The summed E-state index contributed by atoms with van der Waals surface area (Å²) >= 11 is 0. The molecule has 1 aromatic heterocycles. The van der Waals surface area contributed by atoms with E-state index in [9.17, 15) is 44.0 Å². The summed E-state index contributed by atoms with van der Waals surface area (Å²) in [6, 6.07) is 0.167. The number of phosphoric ester groups is 1. The van der Waals surface area contributed by atoms with Crippen LogP contribution in [0.2, 0.25) is 0 Å². The van der Waals surface area contributed by atoms with E-state index in [1.807, 2.05) is 0 Å². The summed E-state index contributed by atoms with van der Waals surface area (Å²) in [6.45, 7) is 1.40. The molecule has 19 nitrogen and oxygen atoms in total. The number of aliphatic hydroxyl groups is 3. The van der Waals surface area contributed by atoms with Crippen LogP contribution in [0.4, 0.5) is 0 Å². The molecule has 7 N–H and O–H groups in total. The number of unbranched alkanes of at least 4 members (excludes halogenated alkanes) is 5. The first-order valence-electron chi connectivity index (χ1n) is 17.1. The fourth-order valence-electron chi connectivity index (χ4n) is 6.19. The molecule has 3 heterocycles. The molecular weight excluding hydrogens is 699 g/mol. The number of methoxy groups -OCH3 is 1. The smallest absolute Gasteiger partial charge is 0.394 e. The Labute approximate surface area is 295 Å². The van der Waals surface area contributed by atoms with Crippen molar-refractivity contribution in [3.8, 4) is 0 Å². The van der Waals surface area contributed by atoms with Crippen LogP contribution in [0.15, 0.2) is 21.9 Å². The maximum Gasteiger partial charge on any atom is 0.472 e. The average Bonchev–Trinajstić information content (AvgIpc) is 3.40. The van der Waals surface area contributed by atoms with Crippen LogP contribution in [0, 0.1) is 5.92 Å². The van der Waals surface area contributed by atoms with Gasteiger partial charge in [0.1, 0.15) is 42.8 Å². The van der Waals surface area contributed by atoms with Gasteiger partial charge in [-0.05, 0) is 25.7 Å². The van der Waals surface area contributed by atoms with Gasteiger partial charge in [-0.3, -0.25) is 33.0 Å². The second-order valence-corrected chi connectivity index (χ2v) is 14.1. The summed E-state index contributed by atoms with van der Waals surface area (Å²) in [5.41, 5.74) is -1.26. The van der Waals surface area contributed by atoms with Gasteiger partial charge >= 0.3 is 13.5 Å². The highest BCUT2D eigenvalue weighted by Crippen LogP contribution is 2.50. The van der Waals surface area contributed by atoms with Gasteiger partial charge in [0.05, 0.1) is 13.2 Å². The van der Waals surface area contributed by atoms with Gasteiger partial charge < -0.3 is 49.8 Å². The van der Waals surface area contributed by atoms with Crippen molar-refractivity contribution in [2.75, 3.05) is 40.6 Å². The minimum absolute atomic E-state index is 0.0251. The molecule has 10 atom stereocenters. The van der Waals surface area contributed by atoms with Gasteiger partial charge in [0, 0.05) is 58.9 Å². The third-order valence-corrected chi connectivity index (χ3v) is 9.75. The summed E-state index contributed by atoms with van der Waals surface area (Å²) in [6.07, 6.45) is -0.580. The molecule has 2 fully saturated rings. The van der Waals surface area contributed by atoms with Gasteiger partial charge in [-0.1, -0.05) is 25.7 Å². The van der Waals surface area contributed by atoms with Crippen molar-refractivity contribution in [2.45, 2.75) is 114 Å². The molecule has 292 valence electrons. The second-order valence-electron chi connectivity index (χ2n) is 12.6. The number of aromatic nitrogens is 2. The molecule has 0 bridgehead atoms. The highest BCUT2D eigenvalue weighted by atomic mass is 31.2. The van der Waals surface area contributed by atoms with Crippen molar-refractivity contribution < 1.29 is 62.4 Å². The Morgan fingerprint density at radius 3 is 2.41 bits per heavy atom. The number of amides is 2. The summed E-state index contributed by atoms with van der Waals surface area (Å²) in [5.74, 6) is -1.10. The van der Waals surface area contributed by atoms with Crippen LogP contribution >= 0.6 is 7.82 Å². The quantitative estimate of drug-likeness (QED) is 0.0577. The molecule has 2 amide bonds. The second kappa shape index (κ2) is 21.2. The van der Waals surface area contributed by atoms with Crippen molar-refractivity contribution in [3.63, 3.8) is 0 Å². The summed E-state index contributed by atoms with van der Waals surface area (Å²) in [4.78, 5) is 60.3. The minimum Gasteiger partial charge on any atom is -0.394 e. The van der Waals surface area contributed by atoms with Crippen LogP contribution in [0.25, 0.3) is 0 Å². The highest BCUT2D eigenvalue weighted by molar-refractivity contribution is 7.47. The number of hydrogen-bond acceptors (Lipinski definition) is 14. The monoisotopic (exact) mass is 752 g/mol. The van der Waals surface area contributed by atoms with Gasteiger partial charge in [0.15, 0.2) is 6.29 Å². The average molecular weight is 753 g/mol. The number of nitrogens with zero attached hydrogens (tertiary/aromatic N) is 1. The number of ether oxygens (including phenoxy) is 4. The summed E-state index contributed by atoms with van der Waals surface area (Å²) < 4.78 is 46.2. The topological polar surface area (TPSA) is 266 Å². The van der Waals surface area contributed by atoms with Crippen molar-refractivity contribution in [2.24, 2.45) is 5.92 Å². The van der Waals surface area contributed by atoms with Crippen molar-refractivity contribution in [3.05, 3.63) is 33.1 Å². The Hall–Kier alpha value is -2.55. The molecule has 2 unspecified atom stereocenters. The zero-order valence-corrected chi connectivity index (χ0v) is 30.1. The van der Waals surface area contributed by atoms with Crippen LogP contribution in [-0.4, -0.2) is 125 Å². The molecule has 2 saturated heterocycles. The largest absolute Gasteiger partial charge is 0.472 e. The van der Waals surface area contributed by atoms with Crippen molar-refractivity contribution in [1.82, 2.24) is 20.2 Å². The first-order valence-corrected chi connectivity index (χ1v) is 18.6. The number of phosphoric acid groups is 1. The third-order valence-electron chi connectivity index (χ3n) is 8.78. The lowest BCUT2D eigenvalue weighted by Crippen LogP contribution is -2.64. The van der Waals surface area contributed by atoms with Gasteiger partial charge in [-0.15, -0.1) is 0 Å². The molecule has 51 heavy (non-hydrogen) atoms. The number of hydrogen-bond donors (Lipinski definition) is 7. The lowest BCUT2D eigenvalue weighted by atomic mass is 9.93. The Bertz CT molecular complexity index is 1400. The Morgan fingerprint density at radius 1 is 1.02 bits per heavy atom. The number of carbonyl (C=O) groups is 2. The first-order chi connectivity index (χ1) is 24.3. The molecule has 0 aliphatic carbocycles. The number of H-pyrrole nitrogens is 1. The van der Waals surface area contributed by atoms with Crippen LogP contribution in [0.1, 0.15) is 70.9 Å². The molecule has 2 aliphatic rings. The molecule has 3 rings (SSSR count). The molecule has 2 aliphatic heterocycles. The zero-order chi connectivity index (χ0) is 37.6. The maximum atomic E-state index is 12.6. The number of carbonyl (C=O) groups excluding carboxylic acids is 2. The molecule has 20 heteroatoms. The third kappa shape index (κ3) is 13.1. The molecule has 0 saturated carbocycles. The number of rotatable bonds is 22. The van der Waals surface area contributed by atoms with Crippen molar-refractivity contribution in [1.29, 1.82) is 0 Å². The molecule has 1 aromatic rings. The SMILES string of the molecule is COC[C@H]1O[C@@H](n2ccc(=O)[nH]c2=O)C(CCCCCCCNC(=O)CCCCO[C@@H]2O[C@H](CO)[C@H](O)[C@H](O)[C@H]2NC(C)=O)[C@H]1OP(=O)(O)OC. The van der Waals surface area contributed by atoms with E-state index in [-0.39, 0.29) is 25.5 Å². The lowest BCUT2D eigenvalue weighted by molar-refractivity contribution is -0.270. The zero-order valence-electron chi connectivity index (χ0n) is 29.2. The molecule has 0 spiro atoms. The highest BCUT2D eigenvalue weighted by Gasteiger charge is 2.49. The summed E-state index contributed by atoms with van der Waals surface area (Å²) in [7, 11) is -1.93. The van der Waals surface area contributed by atoms with E-state index >= 15 is 0 Å². The maximum absolute atomic E-state index is 12.6. The number of aromatic amines is 1. The first kappa shape index (κ1) is 42.9. The number of aliphatic hydroxyl groups excluding tert-OH is 3. The fraction of sp³-hybridized carbons (Fsp3) is 0.806. The van der Waals surface area contributed by atoms with Crippen LogP contribution in [0.3, 0.4) is 0 Å². The fourth-order valence-corrected chi connectivity index (χ4v) is 6.88. The predicted molar refractivity (Wildman–Crippen MR) is 178 cm³/mol. The van der Waals surface area contributed by atoms with E-state index in [1.165, 1.54) is 30.9 Å². The standard InChI is InChI=1S/C31H53N4O15P/c1-19(37)33-25-27(41)26(40)21(17-36)49-30(25)47-16-10-8-12-23(38)32-14-9-6-4-5-7-11-20-28(50-51(43,44)46-3)22(18-45-2)48-29(20)35-15-13-24(39)34-31(35)42/h13,15,20-22,25-30,36,40-41H,4-12,14,16-18H2,1-3H3,(H,32,38)(H,33,37)(H,43,44)(H,34,39,42)/t20?,21-,22-,25-,26+,27-,28-,29-,30-/m1/s1. The van der Waals surface area contributed by atoms with Crippen LogP contribution in [0.5, 0.6) is 0 Å². The van der Waals surface area contributed by atoms with Crippen LogP contribution < -0.4 is 21.9 Å². The Kier molecular flexibility index (Phi) is 17.8. The molecule has 0 aromatic carbocycles. The van der Waals surface area contributed by atoms with E-state index in [2.05, 4.69) is 20.1 Å². The van der Waals surface area contributed by atoms with Gasteiger partial charge in [0.25, 0.3) is 5.56 Å². The van der Waals surface area contributed by atoms with Crippen molar-refractivity contribution >= 4 is 19.6 Å². The Balaban J connectivity index is 1.37. The van der Waals surface area contributed by atoms with Gasteiger partial charge in [-0.2, -0.15) is 0 Å². The van der Waals surface area contributed by atoms with E-state index in [0.29, 0.717) is 32.2 Å². The predicted octanol–water partition coefficient (Wildman–Crippen LogP) is -0.584. The van der Waals surface area contributed by atoms with Gasteiger partial charge in [-0.25, -0.2) is 9.36 Å². The lowest BCUT2D eigenvalue weighted by Gasteiger charge is -2.42. The Morgan fingerprint density at radius 2 is 1.75 bits per heavy atom. The molecular formula is C31H53N4O15P. The van der Waals surface area contributed by atoms with E-state index in [1.54, 1.807) is 0 Å².